The van der Waals surface area contributed by atoms with Crippen LogP contribution in [0.4, 0.5) is 0 Å². The normalized spacial score (nSPS) is 18.1. The highest BCUT2D eigenvalue weighted by molar-refractivity contribution is 7.80. The van der Waals surface area contributed by atoms with Gasteiger partial charge in [-0.25, -0.2) is 4.79 Å². The smallest absolute Gasteiger partial charge is 0.338 e. The van der Waals surface area contributed by atoms with Crippen molar-refractivity contribution >= 4 is 23.3 Å². The number of carbonyl (C=O) groups excluding carboxylic acids is 1. The molecule has 0 saturated carbocycles. The number of allylic oxidation sites excluding steroid dienone is 1. The molecule has 0 amide bonds. The zero-order valence-corrected chi connectivity index (χ0v) is 14.0. The van der Waals surface area contributed by atoms with Crippen molar-refractivity contribution in [3.63, 3.8) is 0 Å². The van der Waals surface area contributed by atoms with Crippen molar-refractivity contribution < 1.29 is 14.3 Å². The lowest BCUT2D eigenvalue weighted by molar-refractivity contribution is -0.139. The number of nitrogens with zero attached hydrogens (tertiary/aromatic N) is 1. The number of methoxy groups -OCH3 is 1. The van der Waals surface area contributed by atoms with E-state index in [4.69, 9.17) is 21.7 Å². The number of carbonyl (C=O) groups is 1. The van der Waals surface area contributed by atoms with Crippen LogP contribution in [0.3, 0.4) is 0 Å². The van der Waals surface area contributed by atoms with Gasteiger partial charge >= 0.3 is 5.97 Å². The molecule has 118 valence electrons. The standard InChI is InChI=1S/C16H20N2O3S/c1-5-21-15(19)13-10(2)18(3)16(22)17-14(13)11-7-6-8-12(9-11)20-4/h6-9,14H,5H2,1-4H3,(H,17,22). The fraction of sp³-hybridized carbons (Fsp3) is 0.375. The highest BCUT2D eigenvalue weighted by Crippen LogP contribution is 2.32. The second-order valence-electron chi connectivity index (χ2n) is 4.94. The molecule has 0 bridgehead atoms. The van der Waals surface area contributed by atoms with E-state index in [9.17, 15) is 4.79 Å². The average molecular weight is 320 g/mol. The molecular formula is C16H20N2O3S. The van der Waals surface area contributed by atoms with Crippen molar-refractivity contribution in [2.75, 3.05) is 20.8 Å². The van der Waals surface area contributed by atoms with E-state index in [2.05, 4.69) is 5.32 Å². The van der Waals surface area contributed by atoms with Crippen LogP contribution in [0.2, 0.25) is 0 Å². The number of hydrogen-bond acceptors (Lipinski definition) is 4. The van der Waals surface area contributed by atoms with Crippen molar-refractivity contribution in [3.05, 3.63) is 41.1 Å². The molecule has 0 spiro atoms. The van der Waals surface area contributed by atoms with Crippen molar-refractivity contribution in [1.29, 1.82) is 0 Å². The van der Waals surface area contributed by atoms with Crippen LogP contribution in [0, 0.1) is 0 Å². The first-order valence-electron chi connectivity index (χ1n) is 7.05. The Bertz CT molecular complexity index is 628. The highest BCUT2D eigenvalue weighted by atomic mass is 32.1. The van der Waals surface area contributed by atoms with Crippen LogP contribution in [0.15, 0.2) is 35.5 Å². The van der Waals surface area contributed by atoms with E-state index >= 15 is 0 Å². The maximum Gasteiger partial charge on any atom is 0.338 e. The molecule has 0 aliphatic carbocycles. The third-order valence-corrected chi connectivity index (χ3v) is 4.07. The molecule has 1 atom stereocenters. The van der Waals surface area contributed by atoms with Gasteiger partial charge in [0.05, 0.1) is 25.3 Å². The number of hydrogen-bond donors (Lipinski definition) is 1. The molecule has 0 fully saturated rings. The van der Waals surface area contributed by atoms with Gasteiger partial charge in [0.1, 0.15) is 5.75 Å². The Morgan fingerprint density at radius 1 is 1.45 bits per heavy atom. The number of thiocarbonyl (C=S) groups is 1. The molecule has 22 heavy (non-hydrogen) atoms. The quantitative estimate of drug-likeness (QED) is 0.679. The monoisotopic (exact) mass is 320 g/mol. The summed E-state index contributed by atoms with van der Waals surface area (Å²) in [6.07, 6.45) is 0. The molecule has 1 aromatic rings. The summed E-state index contributed by atoms with van der Waals surface area (Å²) in [6, 6.07) is 7.21. The lowest BCUT2D eigenvalue weighted by Crippen LogP contribution is -2.46. The Labute approximate surface area is 135 Å². The van der Waals surface area contributed by atoms with E-state index < -0.39 is 0 Å². The van der Waals surface area contributed by atoms with Gasteiger partial charge in [0, 0.05) is 12.7 Å². The van der Waals surface area contributed by atoms with Gasteiger partial charge in [-0.1, -0.05) is 12.1 Å². The van der Waals surface area contributed by atoms with Gasteiger partial charge in [-0.3, -0.25) is 0 Å². The minimum atomic E-state index is -0.349. The van der Waals surface area contributed by atoms with Crippen molar-refractivity contribution in [2.45, 2.75) is 19.9 Å². The number of esters is 1. The summed E-state index contributed by atoms with van der Waals surface area (Å²) >= 11 is 5.35. The van der Waals surface area contributed by atoms with Crippen LogP contribution in [-0.4, -0.2) is 36.7 Å². The van der Waals surface area contributed by atoms with Crippen LogP contribution < -0.4 is 10.1 Å². The first-order chi connectivity index (χ1) is 10.5. The molecule has 1 aromatic carbocycles. The maximum absolute atomic E-state index is 12.4. The van der Waals surface area contributed by atoms with E-state index in [0.717, 1.165) is 17.0 Å². The summed E-state index contributed by atoms with van der Waals surface area (Å²) in [5.41, 5.74) is 2.25. The zero-order valence-electron chi connectivity index (χ0n) is 13.2. The lowest BCUT2D eigenvalue weighted by atomic mass is 9.95. The average Bonchev–Trinajstić information content (AvgIpc) is 2.52. The topological polar surface area (TPSA) is 50.8 Å². The van der Waals surface area contributed by atoms with E-state index in [1.54, 1.807) is 18.9 Å². The van der Waals surface area contributed by atoms with Gasteiger partial charge in [0.25, 0.3) is 0 Å². The number of ether oxygens (including phenoxy) is 2. The third kappa shape index (κ3) is 3.06. The first-order valence-corrected chi connectivity index (χ1v) is 7.46. The molecule has 5 nitrogen and oxygen atoms in total. The predicted octanol–water partition coefficient (Wildman–Crippen LogP) is 2.39. The molecule has 0 saturated heterocycles. The Hall–Kier alpha value is -2.08. The Kier molecular flexibility index (Phi) is 5.03. The second-order valence-corrected chi connectivity index (χ2v) is 5.32. The Morgan fingerprint density at radius 2 is 2.18 bits per heavy atom. The number of nitrogens with one attached hydrogen (secondary N) is 1. The van der Waals surface area contributed by atoms with Gasteiger partial charge in [-0.05, 0) is 43.8 Å². The molecule has 0 radical (unpaired) electrons. The highest BCUT2D eigenvalue weighted by Gasteiger charge is 2.33. The van der Waals surface area contributed by atoms with Gasteiger partial charge in [0.15, 0.2) is 5.11 Å². The van der Waals surface area contributed by atoms with Crippen LogP contribution in [0.5, 0.6) is 5.75 Å². The Morgan fingerprint density at radius 3 is 2.82 bits per heavy atom. The largest absolute Gasteiger partial charge is 0.497 e. The minimum Gasteiger partial charge on any atom is -0.497 e. The minimum absolute atomic E-state index is 0.328. The zero-order chi connectivity index (χ0) is 16.3. The molecule has 0 aromatic heterocycles. The fourth-order valence-corrected chi connectivity index (χ4v) is 2.63. The maximum atomic E-state index is 12.4. The molecule has 1 aliphatic heterocycles. The van der Waals surface area contributed by atoms with Crippen molar-refractivity contribution in [1.82, 2.24) is 10.2 Å². The van der Waals surface area contributed by atoms with Crippen LogP contribution in [0.25, 0.3) is 0 Å². The van der Waals surface area contributed by atoms with Crippen molar-refractivity contribution in [3.8, 4) is 5.75 Å². The molecule has 2 rings (SSSR count). The summed E-state index contributed by atoms with van der Waals surface area (Å²) in [4.78, 5) is 14.2. The van der Waals surface area contributed by atoms with Gasteiger partial charge < -0.3 is 19.7 Å². The fourth-order valence-electron chi connectivity index (χ4n) is 2.38. The molecule has 1 unspecified atom stereocenters. The summed E-state index contributed by atoms with van der Waals surface area (Å²) in [5, 5.41) is 3.76. The lowest BCUT2D eigenvalue weighted by Gasteiger charge is -2.35. The summed E-state index contributed by atoms with van der Waals surface area (Å²) < 4.78 is 10.5. The van der Waals surface area contributed by atoms with E-state index in [1.807, 2.05) is 38.2 Å². The van der Waals surface area contributed by atoms with Crippen LogP contribution in [-0.2, 0) is 9.53 Å². The SMILES string of the molecule is CCOC(=O)C1=C(C)N(C)C(=S)NC1c1cccc(OC)c1. The summed E-state index contributed by atoms with van der Waals surface area (Å²) in [6.45, 7) is 3.99. The van der Waals surface area contributed by atoms with Gasteiger partial charge in [0.2, 0.25) is 0 Å². The van der Waals surface area contributed by atoms with Gasteiger partial charge in [-0.15, -0.1) is 0 Å². The molecule has 1 heterocycles. The predicted molar refractivity (Wildman–Crippen MR) is 88.6 cm³/mol. The second kappa shape index (κ2) is 6.79. The van der Waals surface area contributed by atoms with E-state index in [1.165, 1.54) is 0 Å². The Balaban J connectivity index is 2.50. The summed E-state index contributed by atoms with van der Waals surface area (Å²) in [7, 11) is 3.44. The third-order valence-electron chi connectivity index (χ3n) is 3.68. The number of rotatable bonds is 4. The molecule has 1 N–H and O–H groups in total. The molecule has 6 heteroatoms. The molecule has 1 aliphatic rings. The van der Waals surface area contributed by atoms with Crippen molar-refractivity contribution in [2.24, 2.45) is 0 Å². The van der Waals surface area contributed by atoms with Crippen LogP contribution >= 0.6 is 12.2 Å². The summed E-state index contributed by atoms with van der Waals surface area (Å²) in [5.74, 6) is 0.389. The van der Waals surface area contributed by atoms with Gasteiger partial charge in [-0.2, -0.15) is 0 Å². The van der Waals surface area contributed by atoms with E-state index in [0.29, 0.717) is 17.3 Å². The number of benzene rings is 1. The molecular weight excluding hydrogens is 300 g/mol. The van der Waals surface area contributed by atoms with E-state index in [-0.39, 0.29) is 12.0 Å². The first kappa shape index (κ1) is 16.3. The van der Waals surface area contributed by atoms with Crippen LogP contribution in [0.1, 0.15) is 25.5 Å².